The van der Waals surface area contributed by atoms with Crippen LogP contribution in [0.25, 0.3) is 5.65 Å². The highest BCUT2D eigenvalue weighted by Gasteiger charge is 2.04. The van der Waals surface area contributed by atoms with Crippen LogP contribution >= 0.6 is 35.3 Å². The third kappa shape index (κ3) is 5.18. The van der Waals surface area contributed by atoms with Gasteiger partial charge in [-0.05, 0) is 43.2 Å². The van der Waals surface area contributed by atoms with Gasteiger partial charge in [0.2, 0.25) is 0 Å². The van der Waals surface area contributed by atoms with E-state index in [0.29, 0.717) is 6.54 Å². The predicted octanol–water partition coefficient (Wildman–Crippen LogP) is 3.75. The normalized spacial score (nSPS) is 11.4. The summed E-state index contributed by atoms with van der Waals surface area (Å²) in [6.45, 7) is 5.69. The minimum Gasteiger partial charge on any atom is -0.352 e. The molecule has 7 heteroatoms. The highest BCUT2D eigenvalue weighted by atomic mass is 127. The third-order valence-electron chi connectivity index (χ3n) is 3.82. The van der Waals surface area contributed by atoms with Gasteiger partial charge in [-0.1, -0.05) is 6.92 Å². The predicted molar refractivity (Wildman–Crippen MR) is 116 cm³/mol. The largest absolute Gasteiger partial charge is 0.352 e. The van der Waals surface area contributed by atoms with Crippen LogP contribution in [0.15, 0.2) is 41.7 Å². The van der Waals surface area contributed by atoms with E-state index in [9.17, 15) is 0 Å². The number of halogens is 1. The van der Waals surface area contributed by atoms with Crippen LogP contribution in [-0.4, -0.2) is 22.4 Å². The maximum absolute atomic E-state index is 4.63. The quantitative estimate of drug-likeness (QED) is 0.340. The monoisotopic (exact) mass is 469 g/mol. The van der Waals surface area contributed by atoms with E-state index in [1.54, 1.807) is 7.05 Å². The Morgan fingerprint density at radius 2 is 1.96 bits per heavy atom. The topological polar surface area (TPSA) is 53.7 Å². The zero-order valence-corrected chi connectivity index (χ0v) is 17.9. The standard InChI is InChI=1S/C18H23N5S.HI/c1-4-15-5-6-16(24-15)11-21-18(19-3)20-10-14-12-23-8-7-13(2)9-17(23)22-14;/h5-9,12H,4,10-11H2,1-3H3,(H2,19,20,21);1H. The van der Waals surface area contributed by atoms with Gasteiger partial charge in [-0.25, -0.2) is 4.98 Å². The molecule has 134 valence electrons. The molecular formula is C18H24IN5S. The number of thiophene rings is 1. The minimum atomic E-state index is 0. The fourth-order valence-electron chi connectivity index (χ4n) is 2.49. The first kappa shape index (κ1) is 19.7. The van der Waals surface area contributed by atoms with Crippen LogP contribution in [0.4, 0.5) is 0 Å². The molecule has 0 amide bonds. The molecule has 0 aliphatic rings. The molecule has 0 bridgehead atoms. The molecule has 0 atom stereocenters. The van der Waals surface area contributed by atoms with E-state index in [1.807, 2.05) is 28.1 Å². The fraction of sp³-hybridized carbons (Fsp3) is 0.333. The van der Waals surface area contributed by atoms with E-state index in [4.69, 9.17) is 0 Å². The van der Waals surface area contributed by atoms with Gasteiger partial charge < -0.3 is 15.0 Å². The molecular weight excluding hydrogens is 445 g/mol. The number of fused-ring (bicyclic) bond motifs is 1. The number of nitrogens with zero attached hydrogens (tertiary/aromatic N) is 3. The van der Waals surface area contributed by atoms with E-state index >= 15 is 0 Å². The number of guanidine groups is 1. The zero-order chi connectivity index (χ0) is 16.9. The van der Waals surface area contributed by atoms with Crippen LogP contribution < -0.4 is 10.6 Å². The third-order valence-corrected chi connectivity index (χ3v) is 5.05. The number of imidazole rings is 1. The summed E-state index contributed by atoms with van der Waals surface area (Å²) in [7, 11) is 1.79. The summed E-state index contributed by atoms with van der Waals surface area (Å²) in [5.74, 6) is 0.787. The van der Waals surface area contributed by atoms with Crippen LogP contribution in [0.2, 0.25) is 0 Å². The first-order valence-electron chi connectivity index (χ1n) is 8.14. The zero-order valence-electron chi connectivity index (χ0n) is 14.7. The van der Waals surface area contributed by atoms with Crippen molar-refractivity contribution in [3.63, 3.8) is 0 Å². The number of aryl methyl sites for hydroxylation is 2. The van der Waals surface area contributed by atoms with Gasteiger partial charge in [0.1, 0.15) is 5.65 Å². The second-order valence-corrected chi connectivity index (χ2v) is 6.96. The molecule has 25 heavy (non-hydrogen) atoms. The second kappa shape index (κ2) is 9.19. The first-order chi connectivity index (χ1) is 11.7. The van der Waals surface area contributed by atoms with Gasteiger partial charge in [-0.3, -0.25) is 4.99 Å². The summed E-state index contributed by atoms with van der Waals surface area (Å²) in [6.07, 6.45) is 5.17. The van der Waals surface area contributed by atoms with E-state index in [2.05, 4.69) is 58.7 Å². The number of nitrogens with one attached hydrogen (secondary N) is 2. The van der Waals surface area contributed by atoms with Crippen molar-refractivity contribution in [2.24, 2.45) is 4.99 Å². The summed E-state index contributed by atoms with van der Waals surface area (Å²) in [6, 6.07) is 8.53. The summed E-state index contributed by atoms with van der Waals surface area (Å²) in [5.41, 5.74) is 3.18. The summed E-state index contributed by atoms with van der Waals surface area (Å²) in [4.78, 5) is 11.6. The molecule has 5 nitrogen and oxygen atoms in total. The molecule has 3 aromatic heterocycles. The van der Waals surface area contributed by atoms with E-state index in [1.165, 1.54) is 15.3 Å². The Bertz CT molecular complexity index is 852. The maximum Gasteiger partial charge on any atom is 0.191 e. The van der Waals surface area contributed by atoms with Gasteiger partial charge in [0.25, 0.3) is 0 Å². The number of rotatable bonds is 5. The van der Waals surface area contributed by atoms with Crippen molar-refractivity contribution in [3.05, 3.63) is 57.7 Å². The number of hydrogen-bond donors (Lipinski definition) is 2. The van der Waals surface area contributed by atoms with Crippen LogP contribution in [0.5, 0.6) is 0 Å². The molecule has 0 saturated carbocycles. The molecule has 0 unspecified atom stereocenters. The van der Waals surface area contributed by atoms with Crippen LogP contribution in [0.3, 0.4) is 0 Å². The van der Waals surface area contributed by atoms with Gasteiger partial charge in [0.05, 0.1) is 18.8 Å². The van der Waals surface area contributed by atoms with Gasteiger partial charge in [-0.15, -0.1) is 35.3 Å². The average Bonchev–Trinajstić information content (AvgIpc) is 3.20. The van der Waals surface area contributed by atoms with E-state index in [0.717, 1.165) is 30.3 Å². The molecule has 0 aromatic carbocycles. The van der Waals surface area contributed by atoms with Gasteiger partial charge in [-0.2, -0.15) is 0 Å². The number of aliphatic imine (C=N–C) groups is 1. The SMILES string of the molecule is CCc1ccc(CNC(=NC)NCc2cn3ccc(C)cc3n2)s1.I. The van der Waals surface area contributed by atoms with Gasteiger partial charge >= 0.3 is 0 Å². The lowest BCUT2D eigenvalue weighted by Gasteiger charge is -2.09. The molecule has 0 fully saturated rings. The van der Waals surface area contributed by atoms with Crippen molar-refractivity contribution >= 4 is 46.9 Å². The van der Waals surface area contributed by atoms with Crippen molar-refractivity contribution in [3.8, 4) is 0 Å². The molecule has 3 aromatic rings. The highest BCUT2D eigenvalue weighted by molar-refractivity contribution is 14.0. The second-order valence-electron chi connectivity index (χ2n) is 5.70. The van der Waals surface area contributed by atoms with E-state index in [-0.39, 0.29) is 24.0 Å². The number of hydrogen-bond acceptors (Lipinski definition) is 3. The maximum atomic E-state index is 4.63. The summed E-state index contributed by atoms with van der Waals surface area (Å²) >= 11 is 1.84. The van der Waals surface area contributed by atoms with Gasteiger partial charge in [0, 0.05) is 29.2 Å². The molecule has 0 aliphatic carbocycles. The fourth-order valence-corrected chi connectivity index (χ4v) is 3.39. The lowest BCUT2D eigenvalue weighted by atomic mass is 10.3. The van der Waals surface area contributed by atoms with Crippen molar-refractivity contribution < 1.29 is 0 Å². The molecule has 0 radical (unpaired) electrons. The van der Waals surface area contributed by atoms with Crippen LogP contribution in [-0.2, 0) is 19.5 Å². The highest BCUT2D eigenvalue weighted by Crippen LogP contribution is 2.16. The van der Waals surface area contributed by atoms with Crippen molar-refractivity contribution in [1.82, 2.24) is 20.0 Å². The molecule has 0 spiro atoms. The Morgan fingerprint density at radius 1 is 1.20 bits per heavy atom. The van der Waals surface area contributed by atoms with Crippen molar-refractivity contribution in [2.45, 2.75) is 33.4 Å². The summed E-state index contributed by atoms with van der Waals surface area (Å²) < 4.78 is 2.04. The first-order valence-corrected chi connectivity index (χ1v) is 8.96. The molecule has 3 heterocycles. The molecule has 0 aliphatic heterocycles. The molecule has 0 saturated heterocycles. The van der Waals surface area contributed by atoms with Crippen LogP contribution in [0, 0.1) is 6.92 Å². The average molecular weight is 469 g/mol. The smallest absolute Gasteiger partial charge is 0.191 e. The minimum absolute atomic E-state index is 0. The van der Waals surface area contributed by atoms with Crippen LogP contribution in [0.1, 0.15) is 27.9 Å². The molecule has 2 N–H and O–H groups in total. The van der Waals surface area contributed by atoms with Gasteiger partial charge in [0.15, 0.2) is 5.96 Å². The number of aromatic nitrogens is 2. The lowest BCUT2D eigenvalue weighted by Crippen LogP contribution is -2.36. The Morgan fingerprint density at radius 3 is 2.68 bits per heavy atom. The Labute approximate surface area is 169 Å². The Kier molecular flexibility index (Phi) is 7.24. The van der Waals surface area contributed by atoms with Crippen molar-refractivity contribution in [1.29, 1.82) is 0 Å². The van der Waals surface area contributed by atoms with Crippen molar-refractivity contribution in [2.75, 3.05) is 7.05 Å². The summed E-state index contributed by atoms with van der Waals surface area (Å²) in [5, 5.41) is 6.67. The molecule has 3 rings (SSSR count). The number of pyridine rings is 1. The Balaban J connectivity index is 0.00000225. The lowest BCUT2D eigenvalue weighted by molar-refractivity contribution is 0.804. The Hall–Kier alpha value is -1.61. The van der Waals surface area contributed by atoms with E-state index < -0.39 is 0 Å².